The number of nitrogens with zero attached hydrogens (tertiary/aromatic N) is 4. The highest BCUT2D eigenvalue weighted by molar-refractivity contribution is 7.99. The van der Waals surface area contributed by atoms with Crippen molar-refractivity contribution in [1.29, 1.82) is 0 Å². The van der Waals surface area contributed by atoms with Gasteiger partial charge in [0.2, 0.25) is 5.91 Å². The zero-order chi connectivity index (χ0) is 21.7. The summed E-state index contributed by atoms with van der Waals surface area (Å²) < 4.78 is 2.01. The quantitative estimate of drug-likeness (QED) is 0.554. The van der Waals surface area contributed by atoms with Gasteiger partial charge in [-0.15, -0.1) is 10.2 Å². The van der Waals surface area contributed by atoms with Crippen LogP contribution in [0.5, 0.6) is 0 Å². The van der Waals surface area contributed by atoms with E-state index < -0.39 is 0 Å². The fourth-order valence-electron chi connectivity index (χ4n) is 3.11. The summed E-state index contributed by atoms with van der Waals surface area (Å²) in [6.45, 7) is 7.06. The van der Waals surface area contributed by atoms with Crippen LogP contribution in [0, 0.1) is 20.8 Å². The Bertz CT molecular complexity index is 1010. The van der Waals surface area contributed by atoms with Crippen LogP contribution in [0.2, 0.25) is 0 Å². The molecule has 158 valence electrons. The molecule has 1 aromatic heterocycles. The van der Waals surface area contributed by atoms with E-state index >= 15 is 0 Å². The van der Waals surface area contributed by atoms with Gasteiger partial charge < -0.3 is 10.2 Å². The second-order valence-corrected chi connectivity index (χ2v) is 8.68. The maximum Gasteiger partial charge on any atom is 0.234 e. The fraction of sp³-hybridized carbons (Fsp3) is 0.348. The van der Waals surface area contributed by atoms with E-state index in [-0.39, 0.29) is 11.7 Å². The molecular formula is C23H29N5OS. The largest absolute Gasteiger partial charge is 0.325 e. The lowest BCUT2D eigenvalue weighted by atomic mass is 10.1. The van der Waals surface area contributed by atoms with E-state index in [1.54, 1.807) is 0 Å². The average molecular weight is 424 g/mol. The number of hydrogen-bond donors (Lipinski definition) is 1. The molecule has 0 aliphatic heterocycles. The molecule has 1 amide bonds. The molecule has 3 rings (SSSR count). The van der Waals surface area contributed by atoms with E-state index in [0.717, 1.165) is 40.9 Å². The second kappa shape index (κ2) is 9.91. The molecule has 0 aliphatic rings. The number of carbonyl (C=O) groups excluding carboxylic acids is 1. The van der Waals surface area contributed by atoms with E-state index in [1.807, 2.05) is 23.6 Å². The Morgan fingerprint density at radius 3 is 2.50 bits per heavy atom. The molecule has 0 radical (unpaired) electrons. The first-order valence-electron chi connectivity index (χ1n) is 9.99. The normalized spacial score (nSPS) is 11.1. The van der Waals surface area contributed by atoms with Gasteiger partial charge in [0.25, 0.3) is 0 Å². The SMILES string of the molecule is Cc1ccc(C)c(-n2c(C)nnc2SCC(=O)Nc2ccc(CCN(C)C)cc2)c1. The molecule has 0 bridgehead atoms. The van der Waals surface area contributed by atoms with Gasteiger partial charge in [0.1, 0.15) is 5.82 Å². The fourth-order valence-corrected chi connectivity index (χ4v) is 3.90. The molecular weight excluding hydrogens is 394 g/mol. The van der Waals surface area contributed by atoms with Gasteiger partial charge in [-0.2, -0.15) is 0 Å². The van der Waals surface area contributed by atoms with Crippen molar-refractivity contribution in [2.24, 2.45) is 0 Å². The number of anilines is 1. The van der Waals surface area contributed by atoms with Gasteiger partial charge in [-0.1, -0.05) is 36.0 Å². The number of hydrogen-bond acceptors (Lipinski definition) is 5. The molecule has 0 unspecified atom stereocenters. The summed E-state index contributed by atoms with van der Waals surface area (Å²) in [5, 5.41) is 12.2. The maximum atomic E-state index is 12.5. The topological polar surface area (TPSA) is 63.1 Å². The molecule has 0 atom stereocenters. The molecule has 1 heterocycles. The lowest BCUT2D eigenvalue weighted by molar-refractivity contribution is -0.113. The van der Waals surface area contributed by atoms with Crippen molar-refractivity contribution in [2.75, 3.05) is 31.7 Å². The van der Waals surface area contributed by atoms with E-state index in [4.69, 9.17) is 0 Å². The highest BCUT2D eigenvalue weighted by Crippen LogP contribution is 2.25. The highest BCUT2D eigenvalue weighted by Gasteiger charge is 2.15. The van der Waals surface area contributed by atoms with Crippen LogP contribution in [0.15, 0.2) is 47.6 Å². The molecule has 0 spiro atoms. The third-order valence-corrected chi connectivity index (χ3v) is 5.75. The molecule has 2 aromatic carbocycles. The minimum Gasteiger partial charge on any atom is -0.325 e. The summed E-state index contributed by atoms with van der Waals surface area (Å²) >= 11 is 1.39. The molecule has 1 N–H and O–H groups in total. The van der Waals surface area contributed by atoms with Crippen LogP contribution < -0.4 is 5.32 Å². The highest BCUT2D eigenvalue weighted by atomic mass is 32.2. The summed E-state index contributed by atoms with van der Waals surface area (Å²) in [6.07, 6.45) is 0.991. The van der Waals surface area contributed by atoms with Crippen LogP contribution in [0.3, 0.4) is 0 Å². The molecule has 6 nitrogen and oxygen atoms in total. The van der Waals surface area contributed by atoms with Crippen LogP contribution in [-0.2, 0) is 11.2 Å². The summed E-state index contributed by atoms with van der Waals surface area (Å²) in [4.78, 5) is 14.6. The van der Waals surface area contributed by atoms with Gasteiger partial charge in [0.05, 0.1) is 11.4 Å². The summed E-state index contributed by atoms with van der Waals surface area (Å²) in [5.41, 5.74) is 5.43. The standard InChI is InChI=1S/C23H29N5OS/c1-16-6-7-17(2)21(14-16)28-18(3)25-26-23(28)30-15-22(29)24-20-10-8-19(9-11-20)12-13-27(4)5/h6-11,14H,12-13,15H2,1-5H3,(H,24,29). The van der Waals surface area contributed by atoms with Crippen molar-refractivity contribution in [1.82, 2.24) is 19.7 Å². The second-order valence-electron chi connectivity index (χ2n) is 7.74. The lowest BCUT2D eigenvalue weighted by Gasteiger charge is -2.12. The molecule has 0 saturated heterocycles. The van der Waals surface area contributed by atoms with Gasteiger partial charge >= 0.3 is 0 Å². The number of carbonyl (C=O) groups is 1. The first-order valence-corrected chi connectivity index (χ1v) is 11.0. The van der Waals surface area contributed by atoms with Crippen LogP contribution in [0.25, 0.3) is 5.69 Å². The van der Waals surface area contributed by atoms with Gasteiger partial charge in [-0.3, -0.25) is 9.36 Å². The van der Waals surface area contributed by atoms with E-state index in [9.17, 15) is 4.79 Å². The van der Waals surface area contributed by atoms with Crippen LogP contribution >= 0.6 is 11.8 Å². The number of amides is 1. The van der Waals surface area contributed by atoms with Crippen molar-refractivity contribution < 1.29 is 4.79 Å². The maximum absolute atomic E-state index is 12.5. The summed E-state index contributed by atoms with van der Waals surface area (Å²) in [7, 11) is 4.13. The Morgan fingerprint density at radius 2 is 1.80 bits per heavy atom. The zero-order valence-corrected chi connectivity index (χ0v) is 19.1. The molecule has 0 saturated carbocycles. The van der Waals surface area contributed by atoms with Crippen molar-refractivity contribution >= 4 is 23.4 Å². The Morgan fingerprint density at radius 1 is 1.07 bits per heavy atom. The Hall–Kier alpha value is -2.64. The molecule has 0 aliphatic carbocycles. The van der Waals surface area contributed by atoms with Crippen molar-refractivity contribution in [2.45, 2.75) is 32.3 Å². The zero-order valence-electron chi connectivity index (χ0n) is 18.3. The number of aryl methyl sites for hydroxylation is 3. The van der Waals surface area contributed by atoms with Crippen LogP contribution in [0.4, 0.5) is 5.69 Å². The average Bonchev–Trinajstić information content (AvgIpc) is 3.08. The first-order chi connectivity index (χ1) is 14.3. The molecule has 7 heteroatoms. The van der Waals surface area contributed by atoms with Gasteiger partial charge in [-0.25, -0.2) is 0 Å². The minimum atomic E-state index is -0.0609. The first kappa shape index (κ1) is 22.1. The molecule has 3 aromatic rings. The van der Waals surface area contributed by atoms with Crippen molar-refractivity contribution in [3.8, 4) is 5.69 Å². The summed E-state index contributed by atoms with van der Waals surface area (Å²) in [5.74, 6) is 1.01. The van der Waals surface area contributed by atoms with E-state index in [0.29, 0.717) is 0 Å². The minimum absolute atomic E-state index is 0.0609. The van der Waals surface area contributed by atoms with Gasteiger partial charge in [-0.05, 0) is 76.2 Å². The predicted molar refractivity (Wildman–Crippen MR) is 124 cm³/mol. The number of nitrogens with one attached hydrogen (secondary N) is 1. The Balaban J connectivity index is 1.62. The monoisotopic (exact) mass is 423 g/mol. The Kier molecular flexibility index (Phi) is 7.29. The molecule has 0 fully saturated rings. The van der Waals surface area contributed by atoms with Crippen molar-refractivity contribution in [3.05, 3.63) is 65.0 Å². The van der Waals surface area contributed by atoms with E-state index in [1.165, 1.54) is 22.9 Å². The number of thioether (sulfide) groups is 1. The number of aromatic nitrogens is 3. The third kappa shape index (κ3) is 5.70. The third-order valence-electron chi connectivity index (χ3n) is 4.82. The number of rotatable bonds is 8. The smallest absolute Gasteiger partial charge is 0.234 e. The number of benzene rings is 2. The Labute approximate surface area is 182 Å². The number of likely N-dealkylation sites (N-methyl/N-ethyl adjacent to an activating group) is 1. The predicted octanol–water partition coefficient (Wildman–Crippen LogP) is 4.03. The van der Waals surface area contributed by atoms with Crippen molar-refractivity contribution in [3.63, 3.8) is 0 Å². The summed E-state index contributed by atoms with van der Waals surface area (Å²) in [6, 6.07) is 14.3. The van der Waals surface area contributed by atoms with Crippen LogP contribution in [0.1, 0.15) is 22.5 Å². The van der Waals surface area contributed by atoms with Gasteiger partial charge in [0.15, 0.2) is 5.16 Å². The molecule has 30 heavy (non-hydrogen) atoms. The van der Waals surface area contributed by atoms with Gasteiger partial charge in [0, 0.05) is 12.2 Å². The van der Waals surface area contributed by atoms with E-state index in [2.05, 4.69) is 78.7 Å². The van der Waals surface area contributed by atoms with Crippen LogP contribution in [-0.4, -0.2) is 52.0 Å². The lowest BCUT2D eigenvalue weighted by Crippen LogP contribution is -2.16.